The van der Waals surface area contributed by atoms with Gasteiger partial charge in [-0.05, 0) is 42.4 Å². The highest BCUT2D eigenvalue weighted by molar-refractivity contribution is 7.89. The molecule has 1 fully saturated rings. The zero-order valence-electron chi connectivity index (χ0n) is 14.5. The van der Waals surface area contributed by atoms with Gasteiger partial charge in [-0.15, -0.1) is 0 Å². The standard InChI is InChI=1S/C18H28FNO3S/c1-3-4-5-18(24(20,21)22)13(2)15-8-9-16(19)17(12-15)23-11-10-14-6-7-14/h8-9,12-14,18H,3-7,10-11H2,1-2H3,(H2,20,21,22). The summed E-state index contributed by atoms with van der Waals surface area (Å²) in [6.45, 7) is 4.33. The van der Waals surface area contributed by atoms with Crippen LogP contribution in [0.1, 0.15) is 63.9 Å². The third-order valence-corrected chi connectivity index (χ3v) is 6.27. The molecule has 0 heterocycles. The molecule has 2 N–H and O–H groups in total. The molecule has 136 valence electrons. The van der Waals surface area contributed by atoms with Crippen molar-refractivity contribution in [3.05, 3.63) is 29.6 Å². The second kappa shape index (κ2) is 8.30. The van der Waals surface area contributed by atoms with Gasteiger partial charge in [-0.25, -0.2) is 17.9 Å². The molecule has 0 amide bonds. The van der Waals surface area contributed by atoms with E-state index in [1.54, 1.807) is 12.1 Å². The number of ether oxygens (including phenoxy) is 1. The fourth-order valence-electron chi connectivity index (χ4n) is 2.97. The molecule has 6 heteroatoms. The Hall–Kier alpha value is -1.14. The number of nitrogens with two attached hydrogens (primary N) is 1. The van der Waals surface area contributed by atoms with E-state index in [1.165, 1.54) is 18.9 Å². The van der Waals surface area contributed by atoms with E-state index in [9.17, 15) is 12.8 Å². The van der Waals surface area contributed by atoms with Crippen LogP contribution in [-0.2, 0) is 10.0 Å². The fraction of sp³-hybridized carbons (Fsp3) is 0.667. The first kappa shape index (κ1) is 19.2. The topological polar surface area (TPSA) is 69.4 Å². The smallest absolute Gasteiger partial charge is 0.212 e. The Morgan fingerprint density at radius 1 is 1.38 bits per heavy atom. The number of sulfonamides is 1. The number of unbranched alkanes of at least 4 members (excludes halogenated alkanes) is 1. The molecular formula is C18H28FNO3S. The number of primary sulfonamides is 1. The van der Waals surface area contributed by atoms with Crippen LogP contribution in [0.15, 0.2) is 18.2 Å². The van der Waals surface area contributed by atoms with E-state index in [0.717, 1.165) is 30.7 Å². The van der Waals surface area contributed by atoms with E-state index in [0.29, 0.717) is 13.0 Å². The molecule has 1 aliphatic rings. The van der Waals surface area contributed by atoms with Crippen LogP contribution in [0, 0.1) is 11.7 Å². The van der Waals surface area contributed by atoms with E-state index < -0.39 is 21.1 Å². The monoisotopic (exact) mass is 357 g/mol. The van der Waals surface area contributed by atoms with Crippen molar-refractivity contribution in [3.8, 4) is 5.75 Å². The van der Waals surface area contributed by atoms with Crippen molar-refractivity contribution < 1.29 is 17.5 Å². The van der Waals surface area contributed by atoms with Crippen LogP contribution in [0.5, 0.6) is 5.75 Å². The predicted molar refractivity (Wildman–Crippen MR) is 94.1 cm³/mol. The van der Waals surface area contributed by atoms with Gasteiger partial charge in [-0.3, -0.25) is 0 Å². The highest BCUT2D eigenvalue weighted by Crippen LogP contribution is 2.33. The van der Waals surface area contributed by atoms with Gasteiger partial charge in [0.15, 0.2) is 11.6 Å². The van der Waals surface area contributed by atoms with E-state index >= 15 is 0 Å². The van der Waals surface area contributed by atoms with Crippen molar-refractivity contribution in [2.24, 2.45) is 11.1 Å². The first-order valence-electron chi connectivity index (χ1n) is 8.76. The molecule has 1 aromatic rings. The molecule has 1 aliphatic carbocycles. The zero-order chi connectivity index (χ0) is 17.7. The third kappa shape index (κ3) is 5.45. The number of hydrogen-bond donors (Lipinski definition) is 1. The SMILES string of the molecule is CCCCC(C(C)c1ccc(F)c(OCCC2CC2)c1)S(N)(=O)=O. The van der Waals surface area contributed by atoms with Gasteiger partial charge >= 0.3 is 0 Å². The van der Waals surface area contributed by atoms with Crippen LogP contribution in [-0.4, -0.2) is 20.3 Å². The molecule has 2 unspecified atom stereocenters. The molecular weight excluding hydrogens is 329 g/mol. The molecule has 1 saturated carbocycles. The maximum Gasteiger partial charge on any atom is 0.212 e. The molecule has 4 nitrogen and oxygen atoms in total. The maximum atomic E-state index is 13.9. The molecule has 1 aromatic carbocycles. The minimum Gasteiger partial charge on any atom is -0.490 e. The van der Waals surface area contributed by atoms with Crippen molar-refractivity contribution >= 4 is 10.0 Å². The largest absolute Gasteiger partial charge is 0.490 e. The van der Waals surface area contributed by atoms with Gasteiger partial charge in [0.05, 0.1) is 11.9 Å². The average molecular weight is 357 g/mol. The summed E-state index contributed by atoms with van der Waals surface area (Å²) >= 11 is 0. The van der Waals surface area contributed by atoms with Crippen LogP contribution < -0.4 is 9.88 Å². The number of benzene rings is 1. The average Bonchev–Trinajstić information content (AvgIpc) is 3.32. The molecule has 0 aromatic heterocycles. The van der Waals surface area contributed by atoms with E-state index in [-0.39, 0.29) is 11.7 Å². The Kier molecular flexibility index (Phi) is 6.63. The summed E-state index contributed by atoms with van der Waals surface area (Å²) in [5.41, 5.74) is 0.743. The van der Waals surface area contributed by atoms with Gasteiger partial charge in [0.2, 0.25) is 10.0 Å². The Morgan fingerprint density at radius 3 is 2.67 bits per heavy atom. The van der Waals surface area contributed by atoms with Gasteiger partial charge in [0.1, 0.15) is 0 Å². The third-order valence-electron chi connectivity index (χ3n) is 4.78. The van der Waals surface area contributed by atoms with Gasteiger partial charge in [-0.1, -0.05) is 45.6 Å². The van der Waals surface area contributed by atoms with Crippen LogP contribution in [0.25, 0.3) is 0 Å². The lowest BCUT2D eigenvalue weighted by Gasteiger charge is -2.23. The minimum absolute atomic E-state index is 0.198. The van der Waals surface area contributed by atoms with Crippen molar-refractivity contribution in [1.82, 2.24) is 0 Å². The molecule has 0 saturated heterocycles. The number of hydrogen-bond acceptors (Lipinski definition) is 3. The summed E-state index contributed by atoms with van der Waals surface area (Å²) in [6, 6.07) is 4.59. The van der Waals surface area contributed by atoms with Crippen LogP contribution in [0.2, 0.25) is 0 Å². The van der Waals surface area contributed by atoms with Gasteiger partial charge in [0, 0.05) is 0 Å². The molecule has 2 rings (SSSR count). The summed E-state index contributed by atoms with van der Waals surface area (Å²) in [7, 11) is -3.66. The molecule has 2 atom stereocenters. The Labute approximate surface area is 144 Å². The van der Waals surface area contributed by atoms with Crippen molar-refractivity contribution in [1.29, 1.82) is 0 Å². The highest BCUT2D eigenvalue weighted by atomic mass is 32.2. The summed E-state index contributed by atoms with van der Waals surface area (Å²) < 4.78 is 43.4. The Bertz CT molecular complexity index is 644. The summed E-state index contributed by atoms with van der Waals surface area (Å²) in [5, 5.41) is 4.75. The lowest BCUT2D eigenvalue weighted by Crippen LogP contribution is -2.33. The van der Waals surface area contributed by atoms with Crippen LogP contribution in [0.4, 0.5) is 4.39 Å². The zero-order valence-corrected chi connectivity index (χ0v) is 15.3. The normalized spacial score (nSPS) is 17.5. The van der Waals surface area contributed by atoms with Crippen LogP contribution in [0.3, 0.4) is 0 Å². The second-order valence-electron chi connectivity index (χ2n) is 6.83. The number of halogens is 1. The summed E-state index contributed by atoms with van der Waals surface area (Å²) in [6.07, 6.45) is 5.60. The Balaban J connectivity index is 2.12. The lowest BCUT2D eigenvalue weighted by molar-refractivity contribution is 0.287. The van der Waals surface area contributed by atoms with Crippen molar-refractivity contribution in [3.63, 3.8) is 0 Å². The van der Waals surface area contributed by atoms with Gasteiger partial charge in [-0.2, -0.15) is 0 Å². The number of rotatable bonds is 10. The lowest BCUT2D eigenvalue weighted by atomic mass is 9.94. The molecule has 0 aliphatic heterocycles. The molecule has 24 heavy (non-hydrogen) atoms. The first-order chi connectivity index (χ1) is 11.3. The van der Waals surface area contributed by atoms with Gasteiger partial charge in [0.25, 0.3) is 0 Å². The minimum atomic E-state index is -3.66. The molecule has 0 spiro atoms. The summed E-state index contributed by atoms with van der Waals surface area (Å²) in [4.78, 5) is 0. The van der Waals surface area contributed by atoms with Crippen molar-refractivity contribution in [2.45, 2.75) is 63.5 Å². The maximum absolute atomic E-state index is 13.9. The molecule has 0 radical (unpaired) electrons. The van der Waals surface area contributed by atoms with E-state index in [1.807, 2.05) is 13.8 Å². The first-order valence-corrected chi connectivity index (χ1v) is 10.4. The second-order valence-corrected chi connectivity index (χ2v) is 8.61. The molecule has 0 bridgehead atoms. The van der Waals surface area contributed by atoms with E-state index in [4.69, 9.17) is 9.88 Å². The quantitative estimate of drug-likeness (QED) is 0.689. The van der Waals surface area contributed by atoms with Crippen molar-refractivity contribution in [2.75, 3.05) is 6.61 Å². The van der Waals surface area contributed by atoms with Crippen LogP contribution >= 0.6 is 0 Å². The Morgan fingerprint density at radius 2 is 2.08 bits per heavy atom. The van der Waals surface area contributed by atoms with Gasteiger partial charge < -0.3 is 4.74 Å². The summed E-state index contributed by atoms with van der Waals surface area (Å²) in [5.74, 6) is 0.194. The predicted octanol–water partition coefficient (Wildman–Crippen LogP) is 3.96. The highest BCUT2D eigenvalue weighted by Gasteiger charge is 2.29. The van der Waals surface area contributed by atoms with E-state index in [2.05, 4.69) is 0 Å². The fourth-order valence-corrected chi connectivity index (χ4v) is 4.20.